The quantitative estimate of drug-likeness (QED) is 0.327. The van der Waals surface area contributed by atoms with Crippen LogP contribution < -0.4 is 20.1 Å². The van der Waals surface area contributed by atoms with Gasteiger partial charge in [-0.1, -0.05) is 24.3 Å². The lowest BCUT2D eigenvalue weighted by Gasteiger charge is -2.20. The van der Waals surface area contributed by atoms with Crippen LogP contribution >= 0.6 is 24.0 Å². The zero-order valence-electron chi connectivity index (χ0n) is 19.7. The summed E-state index contributed by atoms with van der Waals surface area (Å²) < 4.78 is 11.5. The Morgan fingerprint density at radius 1 is 0.909 bits per heavy atom. The van der Waals surface area contributed by atoms with E-state index in [2.05, 4.69) is 56.7 Å². The van der Waals surface area contributed by atoms with Gasteiger partial charge in [0.1, 0.15) is 0 Å². The number of benzene rings is 2. The van der Waals surface area contributed by atoms with Gasteiger partial charge in [-0.05, 0) is 49.8 Å². The maximum Gasteiger partial charge on any atom is 0.195 e. The molecule has 0 amide bonds. The number of halogens is 1. The largest absolute Gasteiger partial charge is 0.490 e. The Bertz CT molecular complexity index is 906. The summed E-state index contributed by atoms with van der Waals surface area (Å²) >= 11 is 0. The van der Waals surface area contributed by atoms with Crippen molar-refractivity contribution >= 4 is 35.6 Å². The number of hydrogen-bond acceptors (Lipinski definition) is 5. The van der Waals surface area contributed by atoms with Gasteiger partial charge in [0.05, 0.1) is 13.2 Å². The van der Waals surface area contributed by atoms with Crippen LogP contribution in [0, 0.1) is 0 Å². The van der Waals surface area contributed by atoms with E-state index < -0.39 is 0 Å². The van der Waals surface area contributed by atoms with E-state index in [-0.39, 0.29) is 24.0 Å². The first-order chi connectivity index (χ1) is 15.7. The summed E-state index contributed by atoms with van der Waals surface area (Å²) in [6, 6.07) is 14.8. The van der Waals surface area contributed by atoms with Crippen LogP contribution in [0.4, 0.5) is 5.69 Å². The molecule has 1 fully saturated rings. The average Bonchev–Trinajstić information content (AvgIpc) is 3.17. The Kier molecular flexibility index (Phi) is 10.1. The van der Waals surface area contributed by atoms with Gasteiger partial charge >= 0.3 is 0 Å². The summed E-state index contributed by atoms with van der Waals surface area (Å²) in [5.41, 5.74) is 3.51. The van der Waals surface area contributed by atoms with Gasteiger partial charge in [0.2, 0.25) is 0 Å². The Morgan fingerprint density at radius 2 is 1.67 bits per heavy atom. The minimum absolute atomic E-state index is 0. The fourth-order valence-electron chi connectivity index (χ4n) is 4.02. The van der Waals surface area contributed by atoms with Crippen molar-refractivity contribution in [1.82, 2.24) is 15.1 Å². The average molecular weight is 566 g/mol. The summed E-state index contributed by atoms with van der Waals surface area (Å²) in [5.74, 6) is 2.29. The first-order valence-electron chi connectivity index (χ1n) is 11.6. The Morgan fingerprint density at radius 3 is 2.45 bits per heavy atom. The minimum Gasteiger partial charge on any atom is -0.490 e. The predicted molar refractivity (Wildman–Crippen MR) is 145 cm³/mol. The molecule has 0 unspecified atom stereocenters. The highest BCUT2D eigenvalue weighted by molar-refractivity contribution is 14.0. The van der Waals surface area contributed by atoms with Crippen molar-refractivity contribution in [2.24, 2.45) is 4.99 Å². The van der Waals surface area contributed by atoms with Crippen LogP contribution in [0.5, 0.6) is 11.5 Å². The number of aliphatic imine (C=N–C) groups is 1. The van der Waals surface area contributed by atoms with Crippen LogP contribution in [0.15, 0.2) is 47.5 Å². The molecule has 2 aliphatic heterocycles. The molecule has 8 heteroatoms. The third-order valence-electron chi connectivity index (χ3n) is 5.94. The zero-order chi connectivity index (χ0) is 22.2. The number of ether oxygens (including phenoxy) is 2. The van der Waals surface area contributed by atoms with E-state index >= 15 is 0 Å². The molecule has 33 heavy (non-hydrogen) atoms. The van der Waals surface area contributed by atoms with Gasteiger partial charge in [-0.25, -0.2) is 0 Å². The predicted octanol–water partition coefficient (Wildman–Crippen LogP) is 3.79. The lowest BCUT2D eigenvalue weighted by molar-refractivity contribution is 0.269. The molecule has 0 spiro atoms. The van der Waals surface area contributed by atoms with Gasteiger partial charge in [-0.3, -0.25) is 9.89 Å². The van der Waals surface area contributed by atoms with E-state index in [9.17, 15) is 0 Å². The number of hydrogen-bond donors (Lipinski definition) is 2. The fourth-order valence-corrected chi connectivity index (χ4v) is 4.02. The van der Waals surface area contributed by atoms with E-state index in [1.165, 1.54) is 30.6 Å². The van der Waals surface area contributed by atoms with Gasteiger partial charge < -0.3 is 25.0 Å². The maximum atomic E-state index is 5.78. The molecule has 0 bridgehead atoms. The molecule has 0 atom stereocenters. The van der Waals surface area contributed by atoms with Crippen LogP contribution in [0.2, 0.25) is 0 Å². The highest BCUT2D eigenvalue weighted by atomic mass is 127. The summed E-state index contributed by atoms with van der Waals surface area (Å²) in [7, 11) is 3.99. The van der Waals surface area contributed by atoms with Crippen molar-refractivity contribution in [3.63, 3.8) is 0 Å². The lowest BCUT2D eigenvalue weighted by atomic mass is 10.1. The Balaban J connectivity index is 0.00000306. The summed E-state index contributed by atoms with van der Waals surface area (Å²) in [4.78, 5) is 9.32. The van der Waals surface area contributed by atoms with Crippen LogP contribution in [-0.4, -0.2) is 69.2 Å². The number of nitrogens with one attached hydrogen (secondary N) is 2. The number of rotatable bonds is 5. The summed E-state index contributed by atoms with van der Waals surface area (Å²) in [6.07, 6.45) is 2.14. The van der Waals surface area contributed by atoms with Crippen LogP contribution in [0.1, 0.15) is 24.0 Å². The van der Waals surface area contributed by atoms with Crippen LogP contribution in [0.25, 0.3) is 0 Å². The normalized spacial score (nSPS) is 17.5. The second kappa shape index (κ2) is 13.0. The molecule has 0 aliphatic carbocycles. The first-order valence-corrected chi connectivity index (χ1v) is 11.6. The number of guanidine groups is 1. The minimum atomic E-state index is 0. The van der Waals surface area contributed by atoms with E-state index in [4.69, 9.17) is 9.47 Å². The zero-order valence-corrected chi connectivity index (χ0v) is 22.0. The van der Waals surface area contributed by atoms with Crippen molar-refractivity contribution in [2.75, 3.05) is 58.8 Å². The molecule has 1 saturated heterocycles. The molecule has 0 aromatic heterocycles. The number of likely N-dealkylation sites (N-methyl/N-ethyl adjacent to an activating group) is 1. The third-order valence-corrected chi connectivity index (χ3v) is 5.94. The van der Waals surface area contributed by atoms with Gasteiger partial charge in [-0.2, -0.15) is 0 Å². The highest BCUT2D eigenvalue weighted by Crippen LogP contribution is 2.32. The van der Waals surface area contributed by atoms with E-state index in [0.717, 1.165) is 49.2 Å². The highest BCUT2D eigenvalue weighted by Gasteiger charge is 2.13. The lowest BCUT2D eigenvalue weighted by Crippen LogP contribution is -2.30. The number of anilines is 1. The third kappa shape index (κ3) is 7.75. The van der Waals surface area contributed by atoms with Gasteiger partial charge in [0, 0.05) is 51.4 Å². The molecule has 0 saturated carbocycles. The molecular weight excluding hydrogens is 529 g/mol. The molecule has 2 aromatic carbocycles. The number of nitrogens with zero attached hydrogens (tertiary/aromatic N) is 3. The standard InChI is InChI=1S/C25H35N5O2.HI/c1-26-25(28-22-9-10-23-24(17-22)32-16-4-15-31-23)27-18-20-5-7-21(8-6-20)19-30-12-3-11-29(2)13-14-30;/h5-10,17H,3-4,11-16,18-19H2,1-2H3,(H2,26,27,28);1H. The molecule has 2 aromatic rings. The fraction of sp³-hybridized carbons (Fsp3) is 0.480. The molecule has 2 heterocycles. The maximum absolute atomic E-state index is 5.78. The second-order valence-corrected chi connectivity index (χ2v) is 8.51. The Labute approximate surface area is 214 Å². The van der Waals surface area contributed by atoms with E-state index in [0.29, 0.717) is 19.8 Å². The van der Waals surface area contributed by atoms with Gasteiger partial charge in [0.25, 0.3) is 0 Å². The van der Waals surface area contributed by atoms with Crippen molar-refractivity contribution in [3.8, 4) is 11.5 Å². The molecule has 4 rings (SSSR count). The topological polar surface area (TPSA) is 61.4 Å². The summed E-state index contributed by atoms with van der Waals surface area (Å²) in [5, 5.41) is 6.73. The molecule has 2 aliphatic rings. The molecule has 2 N–H and O–H groups in total. The second-order valence-electron chi connectivity index (χ2n) is 8.51. The monoisotopic (exact) mass is 565 g/mol. The number of fused-ring (bicyclic) bond motifs is 1. The van der Waals surface area contributed by atoms with E-state index in [1.807, 2.05) is 18.2 Å². The molecule has 180 valence electrons. The van der Waals surface area contributed by atoms with Crippen molar-refractivity contribution in [3.05, 3.63) is 53.6 Å². The van der Waals surface area contributed by atoms with Crippen LogP contribution in [0.3, 0.4) is 0 Å². The molecular formula is C25H36IN5O2. The molecule has 0 radical (unpaired) electrons. The van der Waals surface area contributed by atoms with Crippen LogP contribution in [-0.2, 0) is 13.1 Å². The SMILES string of the molecule is CN=C(NCc1ccc(CN2CCCN(C)CC2)cc1)Nc1ccc2c(c1)OCCCO2.I. The van der Waals surface area contributed by atoms with Crippen molar-refractivity contribution < 1.29 is 9.47 Å². The first kappa shape index (κ1) is 25.6. The molecule has 7 nitrogen and oxygen atoms in total. The van der Waals surface area contributed by atoms with E-state index in [1.54, 1.807) is 7.05 Å². The van der Waals surface area contributed by atoms with Crippen molar-refractivity contribution in [2.45, 2.75) is 25.9 Å². The summed E-state index contributed by atoms with van der Waals surface area (Å²) in [6.45, 7) is 7.76. The van der Waals surface area contributed by atoms with Gasteiger partial charge in [-0.15, -0.1) is 24.0 Å². The smallest absolute Gasteiger partial charge is 0.195 e. The Hall–Kier alpha value is -2.04. The van der Waals surface area contributed by atoms with Crippen molar-refractivity contribution in [1.29, 1.82) is 0 Å². The van der Waals surface area contributed by atoms with Gasteiger partial charge in [0.15, 0.2) is 17.5 Å².